The Balaban J connectivity index is 2.13. The third-order valence-electron chi connectivity index (χ3n) is 3.12. The molecule has 0 aliphatic carbocycles. The molecule has 1 unspecified atom stereocenters. The Morgan fingerprint density at radius 3 is 2.85 bits per heavy atom. The Labute approximate surface area is 122 Å². The summed E-state index contributed by atoms with van der Waals surface area (Å²) in [5.41, 5.74) is 0.997. The summed E-state index contributed by atoms with van der Waals surface area (Å²) in [5, 5.41) is 12.1. The Morgan fingerprint density at radius 1 is 1.50 bits per heavy atom. The average molecular weight is 292 g/mol. The molecule has 1 aromatic rings. The highest BCUT2D eigenvalue weighted by Gasteiger charge is 2.38. The van der Waals surface area contributed by atoms with Crippen molar-refractivity contribution in [1.29, 1.82) is 5.26 Å². The average Bonchev–Trinajstić information content (AvgIpc) is 2.69. The number of benzene rings is 1. The Bertz CT molecular complexity index is 595. The molecule has 6 heteroatoms. The minimum absolute atomic E-state index is 0.134. The zero-order chi connectivity index (χ0) is 14.7. The number of nitrogens with one attached hydrogen (secondary N) is 1. The molecule has 0 radical (unpaired) electrons. The summed E-state index contributed by atoms with van der Waals surface area (Å²) in [7, 11) is 0. The van der Waals surface area contributed by atoms with E-state index in [1.807, 2.05) is 13.0 Å². The van der Waals surface area contributed by atoms with E-state index in [0.29, 0.717) is 22.8 Å². The van der Waals surface area contributed by atoms with Crippen molar-refractivity contribution in [3.63, 3.8) is 0 Å². The number of rotatable bonds is 4. The molecule has 1 atom stereocenters. The number of nitriles is 1. The van der Waals surface area contributed by atoms with Gasteiger partial charge in [-0.15, -0.1) is 0 Å². The maximum atomic E-state index is 12.1. The molecular weight excluding hydrogens is 278 g/mol. The van der Waals surface area contributed by atoms with E-state index in [9.17, 15) is 9.59 Å². The number of imide groups is 1. The van der Waals surface area contributed by atoms with Crippen LogP contribution in [-0.2, 0) is 9.59 Å². The highest BCUT2D eigenvalue weighted by Crippen LogP contribution is 2.26. The van der Waals surface area contributed by atoms with Gasteiger partial charge in [0.25, 0.3) is 5.91 Å². The first-order valence-electron chi connectivity index (χ1n) is 6.37. The molecule has 2 rings (SSSR count). The molecule has 0 bridgehead atoms. The number of hydrogen-bond donors (Lipinski definition) is 1. The standard InChI is InChI=1S/C14H14ClN3O2/c1-2-5-18-13(19)7-12(14(18)20)17-11-4-3-9(8-16)6-10(11)15/h3-4,6,12,17H,2,5,7H2,1H3. The molecule has 1 aromatic carbocycles. The first-order valence-corrected chi connectivity index (χ1v) is 6.75. The van der Waals surface area contributed by atoms with E-state index >= 15 is 0 Å². The van der Waals surface area contributed by atoms with Crippen LogP contribution in [0.5, 0.6) is 0 Å². The number of likely N-dealkylation sites (tertiary alicyclic amines) is 1. The Morgan fingerprint density at radius 2 is 2.25 bits per heavy atom. The lowest BCUT2D eigenvalue weighted by Gasteiger charge is -2.15. The smallest absolute Gasteiger partial charge is 0.252 e. The number of nitrogens with zero attached hydrogens (tertiary/aromatic N) is 2. The van der Waals surface area contributed by atoms with Crippen LogP contribution in [0.4, 0.5) is 5.69 Å². The van der Waals surface area contributed by atoms with Gasteiger partial charge in [-0.25, -0.2) is 0 Å². The second-order valence-electron chi connectivity index (χ2n) is 4.59. The van der Waals surface area contributed by atoms with Gasteiger partial charge in [-0.05, 0) is 24.6 Å². The summed E-state index contributed by atoms with van der Waals surface area (Å²) >= 11 is 6.04. The van der Waals surface area contributed by atoms with E-state index in [1.165, 1.54) is 11.0 Å². The lowest BCUT2D eigenvalue weighted by Crippen LogP contribution is -2.35. The third-order valence-corrected chi connectivity index (χ3v) is 3.43. The summed E-state index contributed by atoms with van der Waals surface area (Å²) in [5.74, 6) is -0.392. The maximum Gasteiger partial charge on any atom is 0.252 e. The van der Waals surface area contributed by atoms with E-state index in [0.717, 1.165) is 6.42 Å². The van der Waals surface area contributed by atoms with Crippen LogP contribution in [0.15, 0.2) is 18.2 Å². The molecule has 1 saturated heterocycles. The summed E-state index contributed by atoms with van der Waals surface area (Å²) in [4.78, 5) is 25.1. The number of hydrogen-bond acceptors (Lipinski definition) is 4. The van der Waals surface area contributed by atoms with E-state index in [-0.39, 0.29) is 18.2 Å². The first-order chi connectivity index (χ1) is 9.56. The normalized spacial score (nSPS) is 18.2. The van der Waals surface area contributed by atoms with Gasteiger partial charge in [0.2, 0.25) is 5.91 Å². The predicted molar refractivity (Wildman–Crippen MR) is 75.2 cm³/mol. The first kappa shape index (κ1) is 14.4. The molecule has 0 saturated carbocycles. The SMILES string of the molecule is CCCN1C(=O)CC(Nc2ccc(C#N)cc2Cl)C1=O. The Hall–Kier alpha value is -2.06. The second kappa shape index (κ2) is 5.93. The van der Waals surface area contributed by atoms with Gasteiger partial charge in [0.15, 0.2) is 0 Å². The molecule has 0 spiro atoms. The van der Waals surface area contributed by atoms with Crippen LogP contribution in [0.25, 0.3) is 0 Å². The summed E-state index contributed by atoms with van der Waals surface area (Å²) in [6.07, 6.45) is 0.872. The van der Waals surface area contributed by atoms with Crippen LogP contribution < -0.4 is 5.32 Å². The van der Waals surface area contributed by atoms with Crippen molar-refractivity contribution in [2.45, 2.75) is 25.8 Å². The van der Waals surface area contributed by atoms with Crippen molar-refractivity contribution in [1.82, 2.24) is 4.90 Å². The van der Waals surface area contributed by atoms with Crippen molar-refractivity contribution < 1.29 is 9.59 Å². The van der Waals surface area contributed by atoms with Gasteiger partial charge in [-0.1, -0.05) is 18.5 Å². The number of anilines is 1. The number of amides is 2. The molecule has 2 amide bonds. The minimum Gasteiger partial charge on any atom is -0.372 e. The molecule has 0 aromatic heterocycles. The van der Waals surface area contributed by atoms with Gasteiger partial charge in [-0.2, -0.15) is 5.26 Å². The fourth-order valence-electron chi connectivity index (χ4n) is 2.14. The van der Waals surface area contributed by atoms with E-state index in [4.69, 9.17) is 16.9 Å². The van der Waals surface area contributed by atoms with Gasteiger partial charge < -0.3 is 5.32 Å². The molecule has 1 fully saturated rings. The van der Waals surface area contributed by atoms with Crippen molar-refractivity contribution in [2.24, 2.45) is 0 Å². The molecule has 5 nitrogen and oxygen atoms in total. The van der Waals surface area contributed by atoms with Gasteiger partial charge in [0.1, 0.15) is 6.04 Å². The zero-order valence-corrected chi connectivity index (χ0v) is 11.8. The van der Waals surface area contributed by atoms with Crippen LogP contribution in [0, 0.1) is 11.3 Å². The number of carbonyl (C=O) groups excluding carboxylic acids is 2. The zero-order valence-electron chi connectivity index (χ0n) is 11.0. The summed E-state index contributed by atoms with van der Waals surface area (Å²) in [6.45, 7) is 2.36. The molecule has 1 heterocycles. The van der Waals surface area contributed by atoms with Gasteiger partial charge in [-0.3, -0.25) is 14.5 Å². The van der Waals surface area contributed by atoms with Crippen molar-refractivity contribution in [3.8, 4) is 6.07 Å². The minimum atomic E-state index is -0.584. The van der Waals surface area contributed by atoms with Gasteiger partial charge in [0, 0.05) is 6.54 Å². The number of carbonyl (C=O) groups is 2. The molecule has 1 aliphatic rings. The second-order valence-corrected chi connectivity index (χ2v) is 5.00. The fourth-order valence-corrected chi connectivity index (χ4v) is 2.38. The summed E-state index contributed by atoms with van der Waals surface area (Å²) in [6, 6.07) is 6.18. The van der Waals surface area contributed by atoms with Crippen molar-refractivity contribution in [2.75, 3.05) is 11.9 Å². The van der Waals surface area contributed by atoms with Crippen molar-refractivity contribution >= 4 is 29.1 Å². The van der Waals surface area contributed by atoms with Crippen LogP contribution in [0.1, 0.15) is 25.3 Å². The van der Waals surface area contributed by atoms with Gasteiger partial charge in [0.05, 0.1) is 28.8 Å². The molecule has 1 aliphatic heterocycles. The molecule has 1 N–H and O–H groups in total. The topological polar surface area (TPSA) is 73.2 Å². The van der Waals surface area contributed by atoms with E-state index in [2.05, 4.69) is 5.32 Å². The largest absolute Gasteiger partial charge is 0.372 e. The van der Waals surface area contributed by atoms with Crippen LogP contribution >= 0.6 is 11.6 Å². The molecule has 104 valence electrons. The fraction of sp³-hybridized carbons (Fsp3) is 0.357. The van der Waals surface area contributed by atoms with Crippen LogP contribution in [-0.4, -0.2) is 29.3 Å². The van der Waals surface area contributed by atoms with E-state index in [1.54, 1.807) is 12.1 Å². The highest BCUT2D eigenvalue weighted by molar-refractivity contribution is 6.33. The molecule has 20 heavy (non-hydrogen) atoms. The quantitative estimate of drug-likeness (QED) is 0.863. The Kier molecular flexibility index (Phi) is 4.26. The van der Waals surface area contributed by atoms with Crippen LogP contribution in [0.2, 0.25) is 5.02 Å². The van der Waals surface area contributed by atoms with Crippen LogP contribution in [0.3, 0.4) is 0 Å². The number of halogens is 1. The van der Waals surface area contributed by atoms with Gasteiger partial charge >= 0.3 is 0 Å². The lowest BCUT2D eigenvalue weighted by molar-refractivity contribution is -0.138. The van der Waals surface area contributed by atoms with Crippen molar-refractivity contribution in [3.05, 3.63) is 28.8 Å². The van der Waals surface area contributed by atoms with E-state index < -0.39 is 6.04 Å². The monoisotopic (exact) mass is 291 g/mol. The third kappa shape index (κ3) is 2.75. The highest BCUT2D eigenvalue weighted by atomic mass is 35.5. The maximum absolute atomic E-state index is 12.1. The summed E-state index contributed by atoms with van der Waals surface area (Å²) < 4.78 is 0. The molecular formula is C14H14ClN3O2. The predicted octanol–water partition coefficient (Wildman–Crippen LogP) is 2.16. The lowest BCUT2D eigenvalue weighted by atomic mass is 10.2.